The lowest BCUT2D eigenvalue weighted by atomic mass is 10.1. The second-order valence-electron chi connectivity index (χ2n) is 6.87. The van der Waals surface area contributed by atoms with E-state index in [1.165, 1.54) is 12.1 Å². The van der Waals surface area contributed by atoms with E-state index in [0.717, 1.165) is 30.5 Å². The number of amides is 2. The molecule has 0 bridgehead atoms. The van der Waals surface area contributed by atoms with Gasteiger partial charge in [0.15, 0.2) is 5.69 Å². The molecule has 0 spiro atoms. The number of carbonyl (C=O) groups is 2. The zero-order chi connectivity index (χ0) is 20.4. The van der Waals surface area contributed by atoms with E-state index < -0.39 is 0 Å². The standard InChI is InChI=1S/C22H21FN4O2/c1-2-24-21(28)16-6-3-4-8-18(16)25-22(29)20-17-7-5-9-19(17)27(26-20)15-12-10-14(23)11-13-15/h3-4,6,8,10-13H,2,5,7,9H2,1H3,(H,24,28)(H,25,29). The number of nitrogens with zero attached hydrogens (tertiary/aromatic N) is 2. The van der Waals surface area contributed by atoms with Crippen LogP contribution in [0.1, 0.15) is 45.4 Å². The Balaban J connectivity index is 1.67. The third-order valence-electron chi connectivity index (χ3n) is 4.97. The number of nitrogens with one attached hydrogen (secondary N) is 2. The van der Waals surface area contributed by atoms with Gasteiger partial charge in [0, 0.05) is 17.8 Å². The molecular formula is C22H21FN4O2. The molecule has 0 saturated carbocycles. The van der Waals surface area contributed by atoms with Gasteiger partial charge in [-0.15, -0.1) is 0 Å². The molecule has 0 aliphatic heterocycles. The number of anilines is 1. The lowest BCUT2D eigenvalue weighted by Gasteiger charge is -2.10. The van der Waals surface area contributed by atoms with Crippen molar-refractivity contribution in [3.63, 3.8) is 0 Å². The molecule has 7 heteroatoms. The summed E-state index contributed by atoms with van der Waals surface area (Å²) in [4.78, 5) is 25.3. The van der Waals surface area contributed by atoms with E-state index in [9.17, 15) is 14.0 Å². The molecule has 0 unspecified atom stereocenters. The van der Waals surface area contributed by atoms with E-state index >= 15 is 0 Å². The summed E-state index contributed by atoms with van der Waals surface area (Å²) in [5, 5.41) is 10.1. The van der Waals surface area contributed by atoms with Gasteiger partial charge in [-0.2, -0.15) is 5.10 Å². The molecule has 6 nitrogen and oxygen atoms in total. The maximum absolute atomic E-state index is 13.3. The van der Waals surface area contributed by atoms with E-state index in [-0.39, 0.29) is 17.6 Å². The number of para-hydroxylation sites is 1. The third-order valence-corrected chi connectivity index (χ3v) is 4.97. The summed E-state index contributed by atoms with van der Waals surface area (Å²) in [6.45, 7) is 2.33. The molecule has 29 heavy (non-hydrogen) atoms. The number of rotatable bonds is 5. The van der Waals surface area contributed by atoms with Crippen LogP contribution in [0.25, 0.3) is 5.69 Å². The largest absolute Gasteiger partial charge is 0.352 e. The van der Waals surface area contributed by atoms with Gasteiger partial charge >= 0.3 is 0 Å². The van der Waals surface area contributed by atoms with Gasteiger partial charge in [-0.1, -0.05) is 12.1 Å². The molecule has 2 amide bonds. The molecule has 148 valence electrons. The van der Waals surface area contributed by atoms with E-state index in [1.807, 2.05) is 6.92 Å². The summed E-state index contributed by atoms with van der Waals surface area (Å²) < 4.78 is 15.0. The molecule has 2 N–H and O–H groups in total. The lowest BCUT2D eigenvalue weighted by molar-refractivity contribution is 0.0956. The van der Waals surface area contributed by atoms with Crippen LogP contribution in [-0.2, 0) is 12.8 Å². The summed E-state index contributed by atoms with van der Waals surface area (Å²) >= 11 is 0. The summed E-state index contributed by atoms with van der Waals surface area (Å²) in [6, 6.07) is 12.9. The monoisotopic (exact) mass is 392 g/mol. The fourth-order valence-corrected chi connectivity index (χ4v) is 3.64. The van der Waals surface area contributed by atoms with Gasteiger partial charge in [0.05, 0.1) is 16.9 Å². The Labute approximate surface area is 167 Å². The predicted octanol–water partition coefficient (Wildman–Crippen LogP) is 3.50. The molecule has 1 heterocycles. The van der Waals surface area contributed by atoms with Crippen LogP contribution in [0, 0.1) is 5.82 Å². The Morgan fingerprint density at radius 2 is 1.83 bits per heavy atom. The minimum Gasteiger partial charge on any atom is -0.352 e. The quantitative estimate of drug-likeness (QED) is 0.698. The van der Waals surface area contributed by atoms with Crippen LogP contribution < -0.4 is 10.6 Å². The Morgan fingerprint density at radius 1 is 1.07 bits per heavy atom. The number of hydrogen-bond acceptors (Lipinski definition) is 3. The van der Waals surface area contributed by atoms with Gasteiger partial charge in [0.1, 0.15) is 5.82 Å². The van der Waals surface area contributed by atoms with Gasteiger partial charge in [-0.25, -0.2) is 9.07 Å². The van der Waals surface area contributed by atoms with E-state index in [1.54, 1.807) is 41.1 Å². The van der Waals surface area contributed by atoms with E-state index in [2.05, 4.69) is 15.7 Å². The zero-order valence-electron chi connectivity index (χ0n) is 16.0. The van der Waals surface area contributed by atoms with Crippen molar-refractivity contribution in [2.75, 3.05) is 11.9 Å². The fraction of sp³-hybridized carbons (Fsp3) is 0.227. The number of aromatic nitrogens is 2. The fourth-order valence-electron chi connectivity index (χ4n) is 3.64. The highest BCUT2D eigenvalue weighted by Crippen LogP contribution is 2.28. The highest BCUT2D eigenvalue weighted by atomic mass is 19.1. The van der Waals surface area contributed by atoms with Crippen LogP contribution in [0.2, 0.25) is 0 Å². The van der Waals surface area contributed by atoms with Crippen molar-refractivity contribution < 1.29 is 14.0 Å². The number of fused-ring (bicyclic) bond motifs is 1. The third kappa shape index (κ3) is 3.63. The zero-order valence-corrected chi connectivity index (χ0v) is 16.0. The molecule has 4 rings (SSSR count). The normalized spacial score (nSPS) is 12.5. The molecule has 1 aliphatic carbocycles. The van der Waals surface area contributed by atoms with Crippen LogP contribution in [0.4, 0.5) is 10.1 Å². The molecular weight excluding hydrogens is 371 g/mol. The average Bonchev–Trinajstić information content (AvgIpc) is 3.32. The number of hydrogen-bond donors (Lipinski definition) is 2. The summed E-state index contributed by atoms with van der Waals surface area (Å²) in [6.07, 6.45) is 2.50. The number of halogens is 1. The summed E-state index contributed by atoms with van der Waals surface area (Å²) in [7, 11) is 0. The van der Waals surface area contributed by atoms with E-state index in [0.29, 0.717) is 29.2 Å². The molecule has 0 fully saturated rings. The minimum absolute atomic E-state index is 0.245. The maximum Gasteiger partial charge on any atom is 0.276 e. The summed E-state index contributed by atoms with van der Waals surface area (Å²) in [5.41, 5.74) is 3.77. The molecule has 3 aromatic rings. The van der Waals surface area contributed by atoms with E-state index in [4.69, 9.17) is 0 Å². The first-order valence-corrected chi connectivity index (χ1v) is 9.63. The van der Waals surface area contributed by atoms with Crippen LogP contribution >= 0.6 is 0 Å². The SMILES string of the molecule is CCNC(=O)c1ccccc1NC(=O)c1nn(-c2ccc(F)cc2)c2c1CCC2. The van der Waals surface area contributed by atoms with Gasteiger partial charge in [-0.3, -0.25) is 9.59 Å². The molecule has 0 atom stereocenters. The Bertz CT molecular complexity index is 1070. The van der Waals surface area contributed by atoms with Crippen LogP contribution in [0.15, 0.2) is 48.5 Å². The van der Waals surface area contributed by atoms with Crippen LogP contribution in [0.5, 0.6) is 0 Å². The minimum atomic E-state index is -0.360. The molecule has 1 aliphatic rings. The Kier molecular flexibility index (Phi) is 5.12. The van der Waals surface area contributed by atoms with Crippen molar-refractivity contribution in [1.29, 1.82) is 0 Å². The predicted molar refractivity (Wildman–Crippen MR) is 108 cm³/mol. The summed E-state index contributed by atoms with van der Waals surface area (Å²) in [5.74, 6) is -0.927. The molecule has 1 aromatic heterocycles. The second kappa shape index (κ2) is 7.87. The Morgan fingerprint density at radius 3 is 2.59 bits per heavy atom. The van der Waals surface area contributed by atoms with Crippen LogP contribution in [-0.4, -0.2) is 28.1 Å². The van der Waals surface area contributed by atoms with Crippen molar-refractivity contribution in [2.24, 2.45) is 0 Å². The van der Waals surface area contributed by atoms with Crippen molar-refractivity contribution in [1.82, 2.24) is 15.1 Å². The lowest BCUT2D eigenvalue weighted by Crippen LogP contribution is -2.25. The molecule has 2 aromatic carbocycles. The number of carbonyl (C=O) groups excluding carboxylic acids is 2. The number of benzene rings is 2. The molecule has 0 saturated heterocycles. The van der Waals surface area contributed by atoms with Gasteiger partial charge in [-0.05, 0) is 62.6 Å². The maximum atomic E-state index is 13.3. The van der Waals surface area contributed by atoms with Gasteiger partial charge in [0.2, 0.25) is 0 Å². The first kappa shape index (κ1) is 18.9. The first-order valence-electron chi connectivity index (χ1n) is 9.63. The highest BCUT2D eigenvalue weighted by molar-refractivity contribution is 6.09. The Hall–Kier alpha value is -3.48. The highest BCUT2D eigenvalue weighted by Gasteiger charge is 2.27. The van der Waals surface area contributed by atoms with Crippen LogP contribution in [0.3, 0.4) is 0 Å². The van der Waals surface area contributed by atoms with Gasteiger partial charge in [0.25, 0.3) is 11.8 Å². The van der Waals surface area contributed by atoms with Crippen molar-refractivity contribution in [2.45, 2.75) is 26.2 Å². The average molecular weight is 392 g/mol. The first-order chi connectivity index (χ1) is 14.1. The smallest absolute Gasteiger partial charge is 0.276 e. The van der Waals surface area contributed by atoms with Gasteiger partial charge < -0.3 is 10.6 Å². The topological polar surface area (TPSA) is 76.0 Å². The van der Waals surface area contributed by atoms with Crippen molar-refractivity contribution in [3.8, 4) is 5.69 Å². The van der Waals surface area contributed by atoms with Crippen molar-refractivity contribution in [3.05, 3.63) is 76.9 Å². The van der Waals surface area contributed by atoms with Crippen molar-refractivity contribution >= 4 is 17.5 Å². The molecule has 0 radical (unpaired) electrons. The second-order valence-corrected chi connectivity index (χ2v) is 6.87.